The maximum absolute atomic E-state index is 15.3. The minimum Gasteiger partial charge on any atom is -0.435 e. The first-order valence-electron chi connectivity index (χ1n) is 14.1. The number of nitrogens with one attached hydrogen (secondary N) is 1. The van der Waals surface area contributed by atoms with Crippen LogP contribution in [0.1, 0.15) is 10.4 Å². The number of anilines is 1. The van der Waals surface area contributed by atoms with Gasteiger partial charge in [0.25, 0.3) is 11.5 Å². The van der Waals surface area contributed by atoms with Crippen LogP contribution in [-0.4, -0.2) is 20.4 Å². The first-order chi connectivity index (χ1) is 22.4. The van der Waals surface area contributed by atoms with E-state index in [0.29, 0.717) is 15.9 Å². The molecule has 3 heterocycles. The molecule has 0 spiro atoms. The van der Waals surface area contributed by atoms with Gasteiger partial charge in [-0.15, -0.1) is 11.3 Å². The maximum Gasteiger partial charge on any atom is 0.267 e. The number of thiophene rings is 1. The summed E-state index contributed by atoms with van der Waals surface area (Å²) in [7, 11) is 0. The molecule has 0 aliphatic heterocycles. The Hall–Kier alpha value is -6.00. The standard InChI is InChI=1S/C36H22F2N4O3S/c37-25-12-15-27(16-13-25)42-18-4-7-28(36(42)44)33(43)41-26-14-17-31(30(38)19-26)45-34-32-29(20-46-35(32)40-21-39-34)24-10-8-23(9-11-24)22-5-2-1-3-6-22/h1-21H,(H,41,43). The summed E-state index contributed by atoms with van der Waals surface area (Å²) in [6.07, 6.45) is 2.84. The van der Waals surface area contributed by atoms with Gasteiger partial charge in [-0.25, -0.2) is 18.7 Å². The zero-order valence-corrected chi connectivity index (χ0v) is 24.7. The van der Waals surface area contributed by atoms with Crippen molar-refractivity contribution in [3.05, 3.63) is 155 Å². The lowest BCUT2D eigenvalue weighted by Gasteiger charge is -2.11. The molecule has 1 N–H and O–H groups in total. The van der Waals surface area contributed by atoms with Crippen molar-refractivity contribution in [2.45, 2.75) is 0 Å². The summed E-state index contributed by atoms with van der Waals surface area (Å²) in [5.41, 5.74) is 3.71. The number of aromatic nitrogens is 3. The molecule has 46 heavy (non-hydrogen) atoms. The molecule has 0 unspecified atom stereocenters. The van der Waals surface area contributed by atoms with E-state index in [1.807, 2.05) is 60.0 Å². The van der Waals surface area contributed by atoms with Crippen molar-refractivity contribution in [2.24, 2.45) is 0 Å². The van der Waals surface area contributed by atoms with E-state index in [4.69, 9.17) is 4.74 Å². The molecule has 0 saturated carbocycles. The van der Waals surface area contributed by atoms with Gasteiger partial charge in [0, 0.05) is 34.6 Å². The molecule has 224 valence electrons. The third-order valence-electron chi connectivity index (χ3n) is 7.33. The molecule has 0 fully saturated rings. The van der Waals surface area contributed by atoms with Gasteiger partial charge in [-0.3, -0.25) is 14.2 Å². The zero-order valence-electron chi connectivity index (χ0n) is 23.9. The average Bonchev–Trinajstić information content (AvgIpc) is 3.52. The van der Waals surface area contributed by atoms with E-state index >= 15 is 4.39 Å². The Balaban J connectivity index is 1.12. The largest absolute Gasteiger partial charge is 0.435 e. The van der Waals surface area contributed by atoms with Gasteiger partial charge in [0.1, 0.15) is 22.5 Å². The Morgan fingerprint density at radius 2 is 1.54 bits per heavy atom. The van der Waals surface area contributed by atoms with Crippen LogP contribution in [0.25, 0.3) is 38.2 Å². The first-order valence-corrected chi connectivity index (χ1v) is 15.0. The normalized spacial score (nSPS) is 11.0. The molecule has 0 saturated heterocycles. The SMILES string of the molecule is O=C(Nc1ccc(Oc2ncnc3scc(-c4ccc(-c5ccccc5)cc4)c23)c(F)c1)c1cccn(-c2ccc(F)cc2)c1=O. The number of carbonyl (C=O) groups is 1. The number of rotatable bonds is 7. The highest BCUT2D eigenvalue weighted by Crippen LogP contribution is 2.40. The van der Waals surface area contributed by atoms with Crippen molar-refractivity contribution in [1.82, 2.24) is 14.5 Å². The molecule has 0 atom stereocenters. The number of hydrogen-bond acceptors (Lipinski definition) is 6. The van der Waals surface area contributed by atoms with Gasteiger partial charge in [-0.2, -0.15) is 0 Å². The molecule has 7 nitrogen and oxygen atoms in total. The molecule has 3 aromatic heterocycles. The zero-order chi connectivity index (χ0) is 31.6. The van der Waals surface area contributed by atoms with Crippen LogP contribution in [0.15, 0.2) is 132 Å². The number of hydrogen-bond donors (Lipinski definition) is 1. The fourth-order valence-corrected chi connectivity index (χ4v) is 5.95. The maximum atomic E-state index is 15.3. The Labute approximate surface area is 265 Å². The first kappa shape index (κ1) is 28.8. The van der Waals surface area contributed by atoms with Crippen molar-refractivity contribution < 1.29 is 18.3 Å². The Morgan fingerprint density at radius 1 is 0.804 bits per heavy atom. The number of carbonyl (C=O) groups excluding carboxylic acids is 1. The van der Waals surface area contributed by atoms with E-state index < -0.39 is 23.1 Å². The van der Waals surface area contributed by atoms with Crippen LogP contribution in [0.5, 0.6) is 11.6 Å². The van der Waals surface area contributed by atoms with Gasteiger partial charge in [-0.1, -0.05) is 54.6 Å². The quantitative estimate of drug-likeness (QED) is 0.191. The molecule has 10 heteroatoms. The van der Waals surface area contributed by atoms with Crippen molar-refractivity contribution in [1.29, 1.82) is 0 Å². The summed E-state index contributed by atoms with van der Waals surface area (Å²) >= 11 is 1.43. The molecule has 7 aromatic rings. The summed E-state index contributed by atoms with van der Waals surface area (Å²) in [4.78, 5) is 35.4. The molecule has 0 aliphatic rings. The monoisotopic (exact) mass is 628 g/mol. The van der Waals surface area contributed by atoms with Gasteiger partial charge in [0.2, 0.25) is 5.88 Å². The third-order valence-corrected chi connectivity index (χ3v) is 8.22. The number of fused-ring (bicyclic) bond motifs is 1. The summed E-state index contributed by atoms with van der Waals surface area (Å²) < 4.78 is 35.9. The minimum absolute atomic E-state index is 0.104. The lowest BCUT2D eigenvalue weighted by molar-refractivity contribution is 0.102. The van der Waals surface area contributed by atoms with Gasteiger partial charge < -0.3 is 10.1 Å². The topological polar surface area (TPSA) is 86.1 Å². The van der Waals surface area contributed by atoms with Crippen molar-refractivity contribution in [2.75, 3.05) is 5.32 Å². The summed E-state index contributed by atoms with van der Waals surface area (Å²) in [6.45, 7) is 0. The van der Waals surface area contributed by atoms with E-state index in [2.05, 4.69) is 15.3 Å². The highest BCUT2D eigenvalue weighted by molar-refractivity contribution is 7.17. The Bertz CT molecular complexity index is 2270. The molecule has 7 rings (SSSR count). The number of ether oxygens (including phenoxy) is 1. The van der Waals surface area contributed by atoms with Crippen LogP contribution in [0, 0.1) is 11.6 Å². The molecule has 1 amide bonds. The second-order valence-corrected chi connectivity index (χ2v) is 11.1. The second kappa shape index (κ2) is 12.2. The van der Waals surface area contributed by atoms with Crippen LogP contribution >= 0.6 is 11.3 Å². The van der Waals surface area contributed by atoms with Crippen molar-refractivity contribution in [3.8, 4) is 39.6 Å². The smallest absolute Gasteiger partial charge is 0.267 e. The number of nitrogens with zero attached hydrogens (tertiary/aromatic N) is 3. The van der Waals surface area contributed by atoms with Crippen LogP contribution in [0.4, 0.5) is 14.5 Å². The molecular formula is C36H22F2N4O3S. The summed E-state index contributed by atoms with van der Waals surface area (Å²) in [5.74, 6) is -1.84. The predicted octanol–water partition coefficient (Wildman–Crippen LogP) is 8.50. The molecule has 0 bridgehead atoms. The van der Waals surface area contributed by atoms with Crippen LogP contribution in [0.3, 0.4) is 0 Å². The average molecular weight is 629 g/mol. The van der Waals surface area contributed by atoms with Gasteiger partial charge in [0.05, 0.1) is 5.39 Å². The van der Waals surface area contributed by atoms with E-state index in [1.54, 1.807) is 0 Å². The Kier molecular flexibility index (Phi) is 7.61. The highest BCUT2D eigenvalue weighted by atomic mass is 32.1. The number of amides is 1. The fourth-order valence-electron chi connectivity index (χ4n) is 5.05. The molecule has 0 radical (unpaired) electrons. The van der Waals surface area contributed by atoms with Gasteiger partial charge in [0.15, 0.2) is 11.6 Å². The minimum atomic E-state index is -0.745. The van der Waals surface area contributed by atoms with Crippen LogP contribution in [-0.2, 0) is 0 Å². The van der Waals surface area contributed by atoms with E-state index in [-0.39, 0.29) is 22.9 Å². The van der Waals surface area contributed by atoms with E-state index in [9.17, 15) is 14.0 Å². The second-order valence-electron chi connectivity index (χ2n) is 10.2. The number of halogens is 2. The van der Waals surface area contributed by atoms with E-state index in [1.165, 1.54) is 77.0 Å². The number of benzene rings is 4. The molecule has 4 aromatic carbocycles. The van der Waals surface area contributed by atoms with Crippen LogP contribution in [0.2, 0.25) is 0 Å². The molecule has 0 aliphatic carbocycles. The van der Waals surface area contributed by atoms with Gasteiger partial charge in [-0.05, 0) is 65.2 Å². The number of pyridine rings is 1. The molecular weight excluding hydrogens is 606 g/mol. The van der Waals surface area contributed by atoms with Gasteiger partial charge >= 0.3 is 0 Å². The van der Waals surface area contributed by atoms with Crippen molar-refractivity contribution >= 4 is 33.1 Å². The van der Waals surface area contributed by atoms with E-state index in [0.717, 1.165) is 28.3 Å². The summed E-state index contributed by atoms with van der Waals surface area (Å²) in [6, 6.07) is 30.3. The predicted molar refractivity (Wildman–Crippen MR) is 175 cm³/mol. The lowest BCUT2D eigenvalue weighted by Crippen LogP contribution is -2.27. The lowest BCUT2D eigenvalue weighted by atomic mass is 10.0. The summed E-state index contributed by atoms with van der Waals surface area (Å²) in [5, 5.41) is 5.18. The van der Waals surface area contributed by atoms with Crippen LogP contribution < -0.4 is 15.6 Å². The Morgan fingerprint density at radius 3 is 2.30 bits per heavy atom. The fraction of sp³-hybridized carbons (Fsp3) is 0. The third kappa shape index (κ3) is 5.64. The highest BCUT2D eigenvalue weighted by Gasteiger charge is 2.18. The van der Waals surface area contributed by atoms with Crippen molar-refractivity contribution in [3.63, 3.8) is 0 Å².